The van der Waals surface area contributed by atoms with E-state index in [0.717, 1.165) is 16.7 Å². The Kier molecular flexibility index (Phi) is 2.34. The van der Waals surface area contributed by atoms with E-state index in [2.05, 4.69) is 6.08 Å². The topological polar surface area (TPSA) is 20.2 Å². The van der Waals surface area contributed by atoms with E-state index in [1.165, 1.54) is 0 Å². The summed E-state index contributed by atoms with van der Waals surface area (Å²) in [5.41, 5.74) is 2.17. The van der Waals surface area contributed by atoms with Crippen molar-refractivity contribution >= 4 is 6.08 Å². The lowest BCUT2D eigenvalue weighted by molar-refractivity contribution is 0.0828. The first-order valence-corrected chi connectivity index (χ1v) is 5.85. The first kappa shape index (κ1) is 10.3. The van der Waals surface area contributed by atoms with Gasteiger partial charge in [-0.05, 0) is 16.7 Å². The summed E-state index contributed by atoms with van der Waals surface area (Å²) in [4.78, 5) is 0. The minimum atomic E-state index is -0.882. The third kappa shape index (κ3) is 1.60. The van der Waals surface area contributed by atoms with Crippen LogP contribution in [0.5, 0.6) is 0 Å². The molecule has 1 heteroatoms. The average molecular weight is 222 g/mol. The Bertz CT molecular complexity index is 557. The van der Waals surface area contributed by atoms with Crippen molar-refractivity contribution in [2.75, 3.05) is 0 Å². The fraction of sp³-hybridized carbons (Fsp3) is 0.125. The van der Waals surface area contributed by atoms with E-state index in [1.54, 1.807) is 0 Å². The number of rotatable bonds is 1. The van der Waals surface area contributed by atoms with E-state index in [9.17, 15) is 5.11 Å². The molecule has 0 radical (unpaired) electrons. The van der Waals surface area contributed by atoms with Gasteiger partial charge >= 0.3 is 0 Å². The van der Waals surface area contributed by atoms with Crippen LogP contribution in [0.1, 0.15) is 23.1 Å². The standard InChI is InChI=1S/C16H14O/c17-16(14-9-2-1-3-10-14)12-6-8-13-7-4-5-11-15(13)16/h1-11,17H,12H2. The second kappa shape index (κ2) is 3.86. The van der Waals surface area contributed by atoms with Crippen molar-refractivity contribution in [2.24, 2.45) is 0 Å². The molecule has 0 saturated heterocycles. The number of hydrogen-bond acceptors (Lipinski definition) is 1. The van der Waals surface area contributed by atoms with Crippen LogP contribution in [0, 0.1) is 0 Å². The molecular formula is C16H14O. The van der Waals surface area contributed by atoms with Crippen molar-refractivity contribution in [3.8, 4) is 0 Å². The van der Waals surface area contributed by atoms with E-state index in [0.29, 0.717) is 6.42 Å². The lowest BCUT2D eigenvalue weighted by Crippen LogP contribution is -2.29. The monoisotopic (exact) mass is 222 g/mol. The molecule has 1 aliphatic rings. The molecule has 0 saturated carbocycles. The molecule has 1 aliphatic carbocycles. The second-order valence-electron chi connectivity index (χ2n) is 4.42. The van der Waals surface area contributed by atoms with Crippen LogP contribution < -0.4 is 0 Å². The quantitative estimate of drug-likeness (QED) is 0.784. The lowest BCUT2D eigenvalue weighted by atomic mass is 9.78. The van der Waals surface area contributed by atoms with Crippen LogP contribution in [0.3, 0.4) is 0 Å². The highest BCUT2D eigenvalue weighted by molar-refractivity contribution is 5.60. The van der Waals surface area contributed by atoms with Crippen molar-refractivity contribution in [3.63, 3.8) is 0 Å². The van der Waals surface area contributed by atoms with Crippen molar-refractivity contribution < 1.29 is 5.11 Å². The zero-order chi connectivity index (χ0) is 11.7. The van der Waals surface area contributed by atoms with Gasteiger partial charge in [-0.2, -0.15) is 0 Å². The predicted molar refractivity (Wildman–Crippen MR) is 69.5 cm³/mol. The summed E-state index contributed by atoms with van der Waals surface area (Å²) >= 11 is 0. The van der Waals surface area contributed by atoms with Gasteiger partial charge in [0.2, 0.25) is 0 Å². The molecule has 1 unspecified atom stereocenters. The molecule has 3 rings (SSSR count). The Hall–Kier alpha value is -1.86. The molecule has 0 fully saturated rings. The van der Waals surface area contributed by atoms with Gasteiger partial charge in [0.1, 0.15) is 5.60 Å². The molecule has 1 nitrogen and oxygen atoms in total. The molecule has 84 valence electrons. The van der Waals surface area contributed by atoms with Gasteiger partial charge in [0, 0.05) is 6.42 Å². The Morgan fingerprint density at radius 3 is 2.41 bits per heavy atom. The highest BCUT2D eigenvalue weighted by Crippen LogP contribution is 2.38. The minimum Gasteiger partial charge on any atom is -0.380 e. The Morgan fingerprint density at radius 1 is 0.882 bits per heavy atom. The van der Waals surface area contributed by atoms with Crippen molar-refractivity contribution in [3.05, 3.63) is 77.4 Å². The number of fused-ring (bicyclic) bond motifs is 1. The van der Waals surface area contributed by atoms with Gasteiger partial charge in [-0.25, -0.2) is 0 Å². The first-order chi connectivity index (χ1) is 8.31. The molecular weight excluding hydrogens is 208 g/mol. The Labute approximate surface area is 101 Å². The van der Waals surface area contributed by atoms with Crippen molar-refractivity contribution in [2.45, 2.75) is 12.0 Å². The Morgan fingerprint density at radius 2 is 1.59 bits per heavy atom. The van der Waals surface area contributed by atoms with Gasteiger partial charge in [0.25, 0.3) is 0 Å². The van der Waals surface area contributed by atoms with Gasteiger partial charge in [-0.3, -0.25) is 0 Å². The smallest absolute Gasteiger partial charge is 0.119 e. The zero-order valence-electron chi connectivity index (χ0n) is 9.51. The largest absolute Gasteiger partial charge is 0.380 e. The minimum absolute atomic E-state index is 0.633. The van der Waals surface area contributed by atoms with Crippen LogP contribution in [0.25, 0.3) is 6.08 Å². The van der Waals surface area contributed by atoms with E-state index in [1.807, 2.05) is 60.7 Å². The summed E-state index contributed by atoms with van der Waals surface area (Å²) in [6, 6.07) is 17.9. The molecule has 2 aromatic carbocycles. The fourth-order valence-corrected chi connectivity index (χ4v) is 2.47. The third-order valence-electron chi connectivity index (χ3n) is 3.37. The summed E-state index contributed by atoms with van der Waals surface area (Å²) in [6.07, 6.45) is 4.75. The summed E-state index contributed by atoms with van der Waals surface area (Å²) in [7, 11) is 0. The summed E-state index contributed by atoms with van der Waals surface area (Å²) in [5.74, 6) is 0. The summed E-state index contributed by atoms with van der Waals surface area (Å²) in [6.45, 7) is 0. The molecule has 2 aromatic rings. The van der Waals surface area contributed by atoms with Gasteiger partial charge in [-0.1, -0.05) is 66.7 Å². The molecule has 0 aromatic heterocycles. The Balaban J connectivity index is 2.19. The van der Waals surface area contributed by atoms with Crippen LogP contribution in [-0.2, 0) is 5.60 Å². The maximum Gasteiger partial charge on any atom is 0.119 e. The van der Waals surface area contributed by atoms with Crippen LogP contribution in [0.15, 0.2) is 60.7 Å². The SMILES string of the molecule is OC1(c2ccccc2)CC=Cc2ccccc21. The maximum absolute atomic E-state index is 10.9. The van der Waals surface area contributed by atoms with Crippen LogP contribution in [-0.4, -0.2) is 5.11 Å². The molecule has 0 aliphatic heterocycles. The summed E-state index contributed by atoms with van der Waals surface area (Å²) in [5, 5.41) is 10.9. The molecule has 0 amide bonds. The highest BCUT2D eigenvalue weighted by Gasteiger charge is 2.33. The van der Waals surface area contributed by atoms with Gasteiger partial charge in [0.15, 0.2) is 0 Å². The van der Waals surface area contributed by atoms with E-state index >= 15 is 0 Å². The van der Waals surface area contributed by atoms with Gasteiger partial charge in [-0.15, -0.1) is 0 Å². The van der Waals surface area contributed by atoms with Crippen molar-refractivity contribution in [1.29, 1.82) is 0 Å². The van der Waals surface area contributed by atoms with Gasteiger partial charge < -0.3 is 5.11 Å². The van der Waals surface area contributed by atoms with E-state index in [4.69, 9.17) is 0 Å². The lowest BCUT2D eigenvalue weighted by Gasteiger charge is -2.32. The molecule has 0 heterocycles. The number of hydrogen-bond donors (Lipinski definition) is 1. The molecule has 17 heavy (non-hydrogen) atoms. The van der Waals surface area contributed by atoms with Crippen LogP contribution in [0.4, 0.5) is 0 Å². The predicted octanol–water partition coefficient (Wildman–Crippen LogP) is 3.34. The van der Waals surface area contributed by atoms with Crippen LogP contribution in [0.2, 0.25) is 0 Å². The van der Waals surface area contributed by atoms with Crippen molar-refractivity contribution in [1.82, 2.24) is 0 Å². The van der Waals surface area contributed by atoms with E-state index in [-0.39, 0.29) is 0 Å². The average Bonchev–Trinajstić information content (AvgIpc) is 2.40. The zero-order valence-corrected chi connectivity index (χ0v) is 9.51. The number of aliphatic hydroxyl groups is 1. The normalized spacial score (nSPS) is 22.2. The number of benzene rings is 2. The molecule has 1 atom stereocenters. The van der Waals surface area contributed by atoms with E-state index < -0.39 is 5.60 Å². The molecule has 0 bridgehead atoms. The fourth-order valence-electron chi connectivity index (χ4n) is 2.47. The first-order valence-electron chi connectivity index (χ1n) is 5.85. The third-order valence-corrected chi connectivity index (χ3v) is 3.37. The summed E-state index contributed by atoms with van der Waals surface area (Å²) < 4.78 is 0. The van der Waals surface area contributed by atoms with Gasteiger partial charge in [0.05, 0.1) is 0 Å². The van der Waals surface area contributed by atoms with Crippen LogP contribution >= 0.6 is 0 Å². The maximum atomic E-state index is 10.9. The molecule has 1 N–H and O–H groups in total. The molecule has 0 spiro atoms. The highest BCUT2D eigenvalue weighted by atomic mass is 16.3. The second-order valence-corrected chi connectivity index (χ2v) is 4.42.